The highest BCUT2D eigenvalue weighted by atomic mass is 19.1. The number of nitrogens with zero attached hydrogens (tertiary/aromatic N) is 6. The van der Waals surface area contributed by atoms with Gasteiger partial charge in [-0.2, -0.15) is 4.98 Å². The summed E-state index contributed by atoms with van der Waals surface area (Å²) in [5, 5.41) is 17.1. The van der Waals surface area contributed by atoms with Crippen molar-refractivity contribution in [2.45, 2.75) is 31.7 Å². The van der Waals surface area contributed by atoms with E-state index in [-0.39, 0.29) is 54.2 Å². The number of alkyl halides is 1. The van der Waals surface area contributed by atoms with Crippen molar-refractivity contribution < 1.29 is 42.4 Å². The molecule has 15 nitrogen and oxygen atoms in total. The Hall–Kier alpha value is -5.13. The van der Waals surface area contributed by atoms with Crippen LogP contribution in [0, 0.1) is 5.82 Å². The monoisotopic (exact) mass is 672 g/mol. The normalized spacial score (nSPS) is 12.7. The molecule has 0 radical (unpaired) electrons. The van der Waals surface area contributed by atoms with Gasteiger partial charge in [0.15, 0.2) is 17.4 Å². The lowest BCUT2D eigenvalue weighted by Gasteiger charge is -2.22. The van der Waals surface area contributed by atoms with E-state index < -0.39 is 37.1 Å². The Bertz CT molecular complexity index is 1640. The summed E-state index contributed by atoms with van der Waals surface area (Å²) in [4.78, 5) is 26.8. The first-order chi connectivity index (χ1) is 23.0. The van der Waals surface area contributed by atoms with Gasteiger partial charge in [0.1, 0.15) is 30.7 Å². The number of benzene rings is 2. The van der Waals surface area contributed by atoms with Gasteiger partial charge in [0.2, 0.25) is 6.79 Å². The molecule has 0 spiro atoms. The minimum Gasteiger partial charge on any atom is -0.497 e. The van der Waals surface area contributed by atoms with Crippen LogP contribution in [0.1, 0.15) is 43.0 Å². The molecule has 4 rings (SSSR count). The number of halogens is 2. The van der Waals surface area contributed by atoms with Gasteiger partial charge in [-0.05, 0) is 57.8 Å². The van der Waals surface area contributed by atoms with Crippen molar-refractivity contribution in [2.24, 2.45) is 5.73 Å². The molecule has 0 bridgehead atoms. The Labute approximate surface area is 275 Å². The average Bonchev–Trinajstić information content (AvgIpc) is 3.50. The number of carbonyl (C=O) groups excluding carboxylic acids is 1. The van der Waals surface area contributed by atoms with Crippen molar-refractivity contribution in [3.05, 3.63) is 77.6 Å². The number of aliphatic hydroxyl groups is 1. The third-order valence-corrected chi connectivity index (χ3v) is 6.70. The van der Waals surface area contributed by atoms with E-state index in [4.69, 9.17) is 29.4 Å². The van der Waals surface area contributed by atoms with Gasteiger partial charge in [0.25, 0.3) is 5.95 Å². The summed E-state index contributed by atoms with van der Waals surface area (Å²) in [7, 11) is 5.12. The quantitative estimate of drug-likeness (QED) is 0.116. The SMILES string of the molecule is COc1cc(OCCO)c(F)c([C@@H](Nc2ccc(C(N)N(C)C)cc2)c2nc(OCOC(=O)OC(C)(C)CF)n(-c3ncccn3)n2)c1. The van der Waals surface area contributed by atoms with Crippen LogP contribution in [0.25, 0.3) is 5.95 Å². The Morgan fingerprint density at radius 2 is 1.85 bits per heavy atom. The van der Waals surface area contributed by atoms with Gasteiger partial charge in [-0.3, -0.25) is 4.90 Å². The third-order valence-electron chi connectivity index (χ3n) is 6.70. The number of aliphatic hydroxyl groups excluding tert-OH is 1. The largest absolute Gasteiger partial charge is 0.511 e. The standard InChI is InChI=1S/C31H38F2N8O7/c1-31(2,17-32)48-30(43)47-18-46-29-38-27(39-41(29)28-35-11-6-12-36-28)25(37-20-9-7-19(8-10-20)26(34)40(3)4)22-15-21(44-5)16-23(24(22)33)45-14-13-42/h6-12,15-16,25-26,37,42H,13-14,17-18,34H2,1-5H3/t25-,26?/m1/s1. The first-order valence-electron chi connectivity index (χ1n) is 14.6. The van der Waals surface area contributed by atoms with Crippen LogP contribution in [0.5, 0.6) is 17.5 Å². The molecule has 4 N–H and O–H groups in total. The topological polar surface area (TPSA) is 181 Å². The highest BCUT2D eigenvalue weighted by Crippen LogP contribution is 2.36. The van der Waals surface area contributed by atoms with Crippen LogP contribution >= 0.6 is 0 Å². The molecule has 0 aliphatic heterocycles. The van der Waals surface area contributed by atoms with Crippen molar-refractivity contribution in [1.82, 2.24) is 29.6 Å². The van der Waals surface area contributed by atoms with E-state index in [0.717, 1.165) is 10.2 Å². The van der Waals surface area contributed by atoms with Crippen LogP contribution in [0.4, 0.5) is 19.3 Å². The van der Waals surface area contributed by atoms with Crippen molar-refractivity contribution in [1.29, 1.82) is 0 Å². The summed E-state index contributed by atoms with van der Waals surface area (Å²) in [5.41, 5.74) is 6.25. The number of nitrogens with one attached hydrogen (secondary N) is 1. The molecule has 258 valence electrons. The maximum atomic E-state index is 16.2. The summed E-state index contributed by atoms with van der Waals surface area (Å²) in [6.07, 6.45) is 1.39. The van der Waals surface area contributed by atoms with E-state index in [1.54, 1.807) is 18.2 Å². The number of ether oxygens (including phenoxy) is 5. The van der Waals surface area contributed by atoms with E-state index in [1.807, 2.05) is 31.1 Å². The maximum absolute atomic E-state index is 16.2. The van der Waals surface area contributed by atoms with Crippen LogP contribution in [0.3, 0.4) is 0 Å². The second-order valence-electron chi connectivity index (χ2n) is 11.1. The number of nitrogens with two attached hydrogens (primary N) is 1. The van der Waals surface area contributed by atoms with Gasteiger partial charge in [0, 0.05) is 29.7 Å². The third kappa shape index (κ3) is 9.02. The molecule has 2 aromatic carbocycles. The van der Waals surface area contributed by atoms with Crippen molar-refractivity contribution >= 4 is 11.8 Å². The molecule has 2 heterocycles. The molecule has 4 aromatic rings. The molecule has 0 aliphatic carbocycles. The predicted molar refractivity (Wildman–Crippen MR) is 168 cm³/mol. The van der Waals surface area contributed by atoms with Crippen LogP contribution in [0.15, 0.2) is 54.9 Å². The molecule has 2 aromatic heterocycles. The summed E-state index contributed by atoms with van der Waals surface area (Å²) in [6, 6.07) is 10.2. The summed E-state index contributed by atoms with van der Waals surface area (Å²) in [6.45, 7) is 0.597. The molecule has 0 fully saturated rings. The first kappa shape index (κ1) is 35.7. The van der Waals surface area contributed by atoms with Gasteiger partial charge in [0.05, 0.1) is 19.9 Å². The molecule has 0 aliphatic rings. The zero-order chi connectivity index (χ0) is 34.8. The van der Waals surface area contributed by atoms with Crippen molar-refractivity contribution in [3.8, 4) is 23.5 Å². The Morgan fingerprint density at radius 1 is 1.15 bits per heavy atom. The average molecular weight is 673 g/mol. The second kappa shape index (κ2) is 16.1. The zero-order valence-corrected chi connectivity index (χ0v) is 27.1. The van der Waals surface area contributed by atoms with Gasteiger partial charge >= 0.3 is 12.2 Å². The smallest absolute Gasteiger partial charge is 0.497 e. The Balaban J connectivity index is 1.77. The fourth-order valence-electron chi connectivity index (χ4n) is 4.18. The number of carbonyl (C=O) groups is 1. The highest BCUT2D eigenvalue weighted by molar-refractivity contribution is 5.60. The zero-order valence-electron chi connectivity index (χ0n) is 27.1. The Kier molecular flexibility index (Phi) is 12.0. The maximum Gasteiger partial charge on any atom is 0.511 e. The van der Waals surface area contributed by atoms with Crippen LogP contribution in [-0.2, 0) is 9.47 Å². The first-order valence-corrected chi connectivity index (χ1v) is 14.6. The fraction of sp³-hybridized carbons (Fsp3) is 0.387. The van der Waals surface area contributed by atoms with Crippen LogP contribution in [0.2, 0.25) is 0 Å². The van der Waals surface area contributed by atoms with Crippen molar-refractivity contribution in [2.75, 3.05) is 53.2 Å². The minimum absolute atomic E-state index is 0.0160. The molecule has 1 unspecified atom stereocenters. The molecule has 0 saturated carbocycles. The summed E-state index contributed by atoms with van der Waals surface area (Å²) in [5.74, 6) is -0.685. The fourth-order valence-corrected chi connectivity index (χ4v) is 4.18. The lowest BCUT2D eigenvalue weighted by atomic mass is 10.0. The van der Waals surface area contributed by atoms with E-state index in [9.17, 15) is 14.3 Å². The van der Waals surface area contributed by atoms with Crippen LogP contribution < -0.4 is 25.3 Å². The predicted octanol–water partition coefficient (Wildman–Crippen LogP) is 3.53. The highest BCUT2D eigenvalue weighted by Gasteiger charge is 2.29. The second-order valence-corrected chi connectivity index (χ2v) is 11.1. The number of hydrogen-bond acceptors (Lipinski definition) is 14. The van der Waals surface area contributed by atoms with E-state index in [0.29, 0.717) is 5.69 Å². The number of hydrogen-bond donors (Lipinski definition) is 3. The molecule has 2 atom stereocenters. The minimum atomic E-state index is -1.41. The van der Waals surface area contributed by atoms with Gasteiger partial charge in [-0.25, -0.2) is 23.5 Å². The number of aromatic nitrogens is 5. The molecule has 0 saturated heterocycles. The Morgan fingerprint density at radius 3 is 2.48 bits per heavy atom. The summed E-state index contributed by atoms with van der Waals surface area (Å²) >= 11 is 0. The molecular formula is C31H38F2N8O7. The molecule has 48 heavy (non-hydrogen) atoms. The van der Waals surface area contributed by atoms with E-state index in [2.05, 4.69) is 25.4 Å². The van der Waals surface area contributed by atoms with Gasteiger partial charge in [-0.1, -0.05) is 12.1 Å². The number of methoxy groups -OCH3 is 1. The number of rotatable bonds is 16. The number of anilines is 1. The summed E-state index contributed by atoms with van der Waals surface area (Å²) < 4.78 is 56.8. The van der Waals surface area contributed by atoms with Gasteiger partial charge in [-0.15, -0.1) is 9.78 Å². The van der Waals surface area contributed by atoms with Crippen molar-refractivity contribution in [3.63, 3.8) is 0 Å². The molecular weight excluding hydrogens is 634 g/mol. The van der Waals surface area contributed by atoms with E-state index in [1.165, 1.54) is 45.5 Å². The van der Waals surface area contributed by atoms with Crippen LogP contribution in [-0.4, -0.2) is 94.4 Å². The molecule has 17 heteroatoms. The lowest BCUT2D eigenvalue weighted by Crippen LogP contribution is -2.31. The molecule has 0 amide bonds. The van der Waals surface area contributed by atoms with Gasteiger partial charge < -0.3 is 39.8 Å². The lowest BCUT2D eigenvalue weighted by molar-refractivity contribution is -0.0520. The van der Waals surface area contributed by atoms with E-state index >= 15 is 4.39 Å².